The molecule has 4 aliphatic heterocycles. The van der Waals surface area contributed by atoms with Crippen molar-refractivity contribution in [2.45, 2.75) is 38.7 Å². The maximum atomic E-state index is 11.8. The highest BCUT2D eigenvalue weighted by molar-refractivity contribution is 5.94. The van der Waals surface area contributed by atoms with E-state index in [1.54, 1.807) is 0 Å². The van der Waals surface area contributed by atoms with Gasteiger partial charge >= 0.3 is 11.9 Å². The Kier molecular flexibility index (Phi) is 6.37. The van der Waals surface area contributed by atoms with Gasteiger partial charge in [0, 0.05) is 49.9 Å². The second kappa shape index (κ2) is 9.30. The Morgan fingerprint density at radius 2 is 1.76 bits per heavy atom. The van der Waals surface area contributed by atoms with Gasteiger partial charge in [0.05, 0.1) is 23.8 Å². The van der Waals surface area contributed by atoms with Gasteiger partial charge < -0.3 is 19.1 Å². The first-order chi connectivity index (χ1) is 16.1. The third kappa shape index (κ3) is 4.11. The molecule has 2 aromatic rings. The molecule has 7 nitrogen and oxygen atoms in total. The molecule has 0 amide bonds. The van der Waals surface area contributed by atoms with Crippen molar-refractivity contribution in [3.05, 3.63) is 69.3 Å². The summed E-state index contributed by atoms with van der Waals surface area (Å²) in [6.45, 7) is 8.54. The van der Waals surface area contributed by atoms with Crippen molar-refractivity contribution in [1.29, 1.82) is 0 Å². The average Bonchev–Trinajstić information content (AvgIpc) is 3.41. The molecular weight excluding hydrogens is 456 g/mol. The van der Waals surface area contributed by atoms with Gasteiger partial charge in [-0.05, 0) is 48.2 Å². The smallest absolute Gasteiger partial charge is 0.338 e. The minimum Gasteiger partial charge on any atom is -0.457 e. The molecular formula is C26H29ClN2O5. The number of benzene rings is 2. The topological polar surface area (TPSA) is 68.3 Å². The monoisotopic (exact) mass is 484 g/mol. The van der Waals surface area contributed by atoms with Gasteiger partial charge in [-0.2, -0.15) is 0 Å². The van der Waals surface area contributed by atoms with E-state index >= 15 is 0 Å². The fourth-order valence-corrected chi connectivity index (χ4v) is 5.55. The molecule has 8 heteroatoms. The molecule has 0 aliphatic carbocycles. The normalized spacial score (nSPS) is 24.0. The van der Waals surface area contributed by atoms with E-state index in [1.165, 1.54) is 11.1 Å². The van der Waals surface area contributed by atoms with Crippen molar-refractivity contribution < 1.29 is 23.8 Å². The lowest BCUT2D eigenvalue weighted by Gasteiger charge is -2.46. The van der Waals surface area contributed by atoms with Crippen LogP contribution in [-0.4, -0.2) is 67.1 Å². The van der Waals surface area contributed by atoms with E-state index in [2.05, 4.69) is 28.9 Å². The molecule has 4 aliphatic rings. The molecule has 2 aromatic carbocycles. The molecule has 0 radical (unpaired) electrons. The van der Waals surface area contributed by atoms with Crippen LogP contribution >= 0.6 is 12.4 Å². The molecule has 0 N–H and O–H groups in total. The summed E-state index contributed by atoms with van der Waals surface area (Å²) in [7, 11) is 0. The number of carbonyl (C=O) groups excluding carboxylic acids is 2. The summed E-state index contributed by atoms with van der Waals surface area (Å²) < 4.78 is 16.6. The summed E-state index contributed by atoms with van der Waals surface area (Å²) in [6, 6.07) is 10.3. The number of halogens is 1. The highest BCUT2D eigenvalue weighted by atomic mass is 35.5. The third-order valence-electron chi connectivity index (χ3n) is 7.63. The number of esters is 2. The van der Waals surface area contributed by atoms with Gasteiger partial charge in [-0.3, -0.25) is 4.90 Å². The number of fused-ring (bicyclic) bond motifs is 3. The molecule has 0 spiro atoms. The van der Waals surface area contributed by atoms with Crippen LogP contribution in [-0.2, 0) is 33.8 Å². The number of hydrogen-bond acceptors (Lipinski definition) is 7. The fourth-order valence-electron chi connectivity index (χ4n) is 5.55. The van der Waals surface area contributed by atoms with Gasteiger partial charge in [-0.25, -0.2) is 9.59 Å². The lowest BCUT2D eigenvalue weighted by atomic mass is 9.96. The molecule has 6 rings (SSSR count). The SMILES string of the molecule is Cc1c(CCN2CCN3C[C@H](c4ccc5c(c4)COC5=O)OC[C@@H]3C2)ccc2c1COC2=O.Cl. The van der Waals surface area contributed by atoms with Gasteiger partial charge in [0.25, 0.3) is 0 Å². The summed E-state index contributed by atoms with van der Waals surface area (Å²) in [5, 5.41) is 0. The van der Waals surface area contributed by atoms with Gasteiger partial charge in [0.15, 0.2) is 0 Å². The summed E-state index contributed by atoms with van der Waals surface area (Å²) in [6.07, 6.45) is 1.01. The van der Waals surface area contributed by atoms with Gasteiger partial charge in [0.2, 0.25) is 0 Å². The number of hydrogen-bond donors (Lipinski definition) is 0. The number of piperazine rings is 1. The van der Waals surface area contributed by atoms with Crippen molar-refractivity contribution in [1.82, 2.24) is 9.80 Å². The van der Waals surface area contributed by atoms with Crippen molar-refractivity contribution in [3.63, 3.8) is 0 Å². The number of carbonyl (C=O) groups is 2. The van der Waals surface area contributed by atoms with E-state index < -0.39 is 0 Å². The number of cyclic esters (lactones) is 2. The maximum Gasteiger partial charge on any atom is 0.338 e. The summed E-state index contributed by atoms with van der Waals surface area (Å²) in [5.41, 5.74) is 7.04. The largest absolute Gasteiger partial charge is 0.457 e. The highest BCUT2D eigenvalue weighted by Gasteiger charge is 2.35. The van der Waals surface area contributed by atoms with E-state index in [0.717, 1.165) is 61.4 Å². The lowest BCUT2D eigenvalue weighted by molar-refractivity contribution is -0.0901. The van der Waals surface area contributed by atoms with Crippen LogP contribution in [0.3, 0.4) is 0 Å². The van der Waals surface area contributed by atoms with E-state index in [-0.39, 0.29) is 30.4 Å². The van der Waals surface area contributed by atoms with Crippen LogP contribution in [0.2, 0.25) is 0 Å². The summed E-state index contributed by atoms with van der Waals surface area (Å²) >= 11 is 0. The van der Waals surface area contributed by atoms with Gasteiger partial charge in [-0.15, -0.1) is 12.4 Å². The Labute approximate surface area is 205 Å². The van der Waals surface area contributed by atoms with Crippen molar-refractivity contribution in [2.24, 2.45) is 0 Å². The Morgan fingerprint density at radius 3 is 2.65 bits per heavy atom. The predicted octanol–water partition coefficient (Wildman–Crippen LogP) is 3.06. The minimum absolute atomic E-state index is 0. The predicted molar refractivity (Wildman–Crippen MR) is 127 cm³/mol. The number of rotatable bonds is 4. The van der Waals surface area contributed by atoms with Crippen LogP contribution in [0.4, 0.5) is 0 Å². The van der Waals surface area contributed by atoms with Crippen molar-refractivity contribution in [2.75, 3.05) is 39.3 Å². The van der Waals surface area contributed by atoms with E-state index in [1.807, 2.05) is 18.2 Å². The van der Waals surface area contributed by atoms with Crippen molar-refractivity contribution >= 4 is 24.3 Å². The molecule has 2 saturated heterocycles. The van der Waals surface area contributed by atoms with Crippen LogP contribution in [0.15, 0.2) is 30.3 Å². The molecule has 2 atom stereocenters. The minimum atomic E-state index is -0.228. The maximum absolute atomic E-state index is 11.8. The van der Waals surface area contributed by atoms with Crippen LogP contribution in [0.1, 0.15) is 54.6 Å². The standard InChI is InChI=1S/C26H28N2O5.ClH/c1-16-17(2-5-22-23(16)15-33-26(22)30)6-7-27-8-9-28-12-24(31-14-20(28)11-27)18-3-4-21-19(10-18)13-32-25(21)29;/h2-5,10,20,24H,6-9,11-15H2,1H3;1H/t20-,24+;/m0./s1. The van der Waals surface area contributed by atoms with Crippen LogP contribution in [0, 0.1) is 6.92 Å². The van der Waals surface area contributed by atoms with Crippen LogP contribution < -0.4 is 0 Å². The van der Waals surface area contributed by atoms with Gasteiger partial charge in [-0.1, -0.05) is 12.1 Å². The van der Waals surface area contributed by atoms with Crippen LogP contribution in [0.25, 0.3) is 0 Å². The highest BCUT2D eigenvalue weighted by Crippen LogP contribution is 2.31. The second-order valence-corrected chi connectivity index (χ2v) is 9.47. The second-order valence-electron chi connectivity index (χ2n) is 9.47. The molecule has 0 bridgehead atoms. The number of morpholine rings is 1. The Bertz CT molecular complexity index is 1140. The molecule has 0 unspecified atom stereocenters. The molecule has 4 heterocycles. The van der Waals surface area contributed by atoms with E-state index in [4.69, 9.17) is 14.2 Å². The first kappa shape index (κ1) is 23.3. The van der Waals surface area contributed by atoms with E-state index in [0.29, 0.717) is 31.4 Å². The molecule has 0 saturated carbocycles. The average molecular weight is 485 g/mol. The molecule has 2 fully saturated rings. The Hall–Kier alpha value is -2.45. The zero-order chi connectivity index (χ0) is 22.5. The zero-order valence-corrected chi connectivity index (χ0v) is 20.1. The quantitative estimate of drug-likeness (QED) is 0.618. The zero-order valence-electron chi connectivity index (χ0n) is 19.2. The van der Waals surface area contributed by atoms with Crippen LogP contribution in [0.5, 0.6) is 0 Å². The number of nitrogens with zero attached hydrogens (tertiary/aromatic N) is 2. The molecule has 180 valence electrons. The van der Waals surface area contributed by atoms with Crippen molar-refractivity contribution in [3.8, 4) is 0 Å². The molecule has 0 aromatic heterocycles. The number of ether oxygens (including phenoxy) is 3. The van der Waals surface area contributed by atoms with Gasteiger partial charge in [0.1, 0.15) is 13.2 Å². The molecule has 34 heavy (non-hydrogen) atoms. The Morgan fingerprint density at radius 1 is 0.971 bits per heavy atom. The lowest BCUT2D eigenvalue weighted by Crippen LogP contribution is -2.58. The van der Waals surface area contributed by atoms with E-state index in [9.17, 15) is 9.59 Å². The third-order valence-corrected chi connectivity index (χ3v) is 7.63. The Balaban J connectivity index is 0.00000241. The first-order valence-corrected chi connectivity index (χ1v) is 11.7. The summed E-state index contributed by atoms with van der Waals surface area (Å²) in [5.74, 6) is -0.428. The first-order valence-electron chi connectivity index (χ1n) is 11.7. The fraction of sp³-hybridized carbons (Fsp3) is 0.462. The summed E-state index contributed by atoms with van der Waals surface area (Å²) in [4.78, 5) is 28.6.